The Kier molecular flexibility index (Phi) is 6.03. The molecule has 2 aromatic carbocycles. The molecule has 0 radical (unpaired) electrons. The van der Waals surface area contributed by atoms with Crippen LogP contribution in [0.2, 0.25) is 15.1 Å². The van der Waals surface area contributed by atoms with Gasteiger partial charge in [0.1, 0.15) is 0 Å². The number of carbonyl (C=O) groups excluding carboxylic acids is 1. The van der Waals surface area contributed by atoms with Gasteiger partial charge in [0.2, 0.25) is 5.91 Å². The summed E-state index contributed by atoms with van der Waals surface area (Å²) in [5, 5.41) is 7.21. The molecule has 0 spiro atoms. The Morgan fingerprint density at radius 3 is 2.14 bits per heavy atom. The van der Waals surface area contributed by atoms with Crippen LogP contribution in [0, 0.1) is 0 Å². The van der Waals surface area contributed by atoms with Crippen LogP contribution >= 0.6 is 47.0 Å². The van der Waals surface area contributed by atoms with Gasteiger partial charge in [-0.2, -0.15) is 0 Å². The lowest BCUT2D eigenvalue weighted by atomic mass is 10.1. The third-order valence-corrected chi connectivity index (χ3v) is 3.54. The fourth-order valence-electron chi connectivity index (χ4n) is 1.75. The van der Waals surface area contributed by atoms with Crippen molar-refractivity contribution in [3.8, 4) is 0 Å². The second-order valence-corrected chi connectivity index (χ2v) is 6.18. The number of nitrogens with one attached hydrogen (secondary N) is 2. The molecule has 0 aliphatic heterocycles. The molecule has 0 heterocycles. The second-order valence-electron chi connectivity index (χ2n) is 4.46. The van der Waals surface area contributed by atoms with Gasteiger partial charge in [0.15, 0.2) is 5.11 Å². The van der Waals surface area contributed by atoms with Gasteiger partial charge in [-0.05, 0) is 48.1 Å². The Labute approximate surface area is 148 Å². The number of anilines is 1. The number of hydrogen-bond acceptors (Lipinski definition) is 2. The molecule has 22 heavy (non-hydrogen) atoms. The zero-order valence-corrected chi connectivity index (χ0v) is 14.3. The Bertz CT molecular complexity index is 684. The number of thiocarbonyl (C=S) groups is 1. The van der Waals surface area contributed by atoms with Gasteiger partial charge in [0, 0.05) is 20.8 Å². The molecule has 0 aliphatic carbocycles. The van der Waals surface area contributed by atoms with Crippen molar-refractivity contribution in [3.05, 3.63) is 63.1 Å². The van der Waals surface area contributed by atoms with Crippen molar-refractivity contribution in [1.82, 2.24) is 5.32 Å². The lowest BCUT2D eigenvalue weighted by Crippen LogP contribution is -2.35. The van der Waals surface area contributed by atoms with Gasteiger partial charge in [0.05, 0.1) is 6.42 Å². The molecular formula is C15H11Cl3N2OS. The monoisotopic (exact) mass is 372 g/mol. The first-order chi connectivity index (χ1) is 10.4. The molecular weight excluding hydrogens is 363 g/mol. The SMILES string of the molecule is O=C(Cc1ccc(Cl)cc1)NC(=S)Nc1cc(Cl)cc(Cl)c1. The molecule has 1 amide bonds. The average Bonchev–Trinajstić information content (AvgIpc) is 2.39. The number of rotatable bonds is 3. The summed E-state index contributed by atoms with van der Waals surface area (Å²) in [5.74, 6) is -0.229. The van der Waals surface area contributed by atoms with Gasteiger partial charge < -0.3 is 10.6 Å². The van der Waals surface area contributed by atoms with Gasteiger partial charge in [-0.15, -0.1) is 0 Å². The smallest absolute Gasteiger partial charge is 0.230 e. The summed E-state index contributed by atoms with van der Waals surface area (Å²) in [6.45, 7) is 0. The first-order valence-electron chi connectivity index (χ1n) is 6.24. The number of benzene rings is 2. The van der Waals surface area contributed by atoms with Crippen molar-refractivity contribution in [2.75, 3.05) is 5.32 Å². The van der Waals surface area contributed by atoms with Crippen LogP contribution in [-0.2, 0) is 11.2 Å². The lowest BCUT2D eigenvalue weighted by molar-refractivity contribution is -0.119. The minimum Gasteiger partial charge on any atom is -0.332 e. The normalized spacial score (nSPS) is 10.1. The summed E-state index contributed by atoms with van der Waals surface area (Å²) in [6.07, 6.45) is 0.204. The molecule has 0 aliphatic rings. The molecule has 0 unspecified atom stereocenters. The molecule has 2 N–H and O–H groups in total. The van der Waals surface area contributed by atoms with Crippen LogP contribution in [0.1, 0.15) is 5.56 Å². The number of carbonyl (C=O) groups is 1. The van der Waals surface area contributed by atoms with Crippen molar-refractivity contribution in [2.45, 2.75) is 6.42 Å². The van der Waals surface area contributed by atoms with E-state index >= 15 is 0 Å². The molecule has 0 saturated heterocycles. The molecule has 0 fully saturated rings. The van der Waals surface area contributed by atoms with Crippen LogP contribution in [-0.4, -0.2) is 11.0 Å². The van der Waals surface area contributed by atoms with Gasteiger partial charge >= 0.3 is 0 Å². The maximum absolute atomic E-state index is 11.9. The fraction of sp³-hybridized carbons (Fsp3) is 0.0667. The van der Waals surface area contributed by atoms with Gasteiger partial charge in [-0.3, -0.25) is 4.79 Å². The highest BCUT2D eigenvalue weighted by Gasteiger charge is 2.07. The van der Waals surface area contributed by atoms with Crippen LogP contribution in [0.5, 0.6) is 0 Å². The highest BCUT2D eigenvalue weighted by Crippen LogP contribution is 2.22. The molecule has 7 heteroatoms. The summed E-state index contributed by atoms with van der Waals surface area (Å²) in [4.78, 5) is 11.9. The van der Waals surface area contributed by atoms with Crippen LogP contribution in [0.3, 0.4) is 0 Å². The molecule has 3 nitrogen and oxygen atoms in total. The molecule has 114 valence electrons. The van der Waals surface area contributed by atoms with E-state index in [0.717, 1.165) is 5.56 Å². The van der Waals surface area contributed by atoms with E-state index in [4.69, 9.17) is 47.0 Å². The van der Waals surface area contributed by atoms with E-state index < -0.39 is 0 Å². The fourth-order valence-corrected chi connectivity index (χ4v) is 2.63. The van der Waals surface area contributed by atoms with Gasteiger partial charge in [0.25, 0.3) is 0 Å². The van der Waals surface area contributed by atoms with E-state index in [0.29, 0.717) is 20.8 Å². The minimum absolute atomic E-state index is 0.178. The highest BCUT2D eigenvalue weighted by atomic mass is 35.5. The standard InChI is InChI=1S/C15H11Cl3N2OS/c16-10-3-1-9(2-4-10)5-14(21)20-15(22)19-13-7-11(17)6-12(18)8-13/h1-4,6-8H,5H2,(H2,19,20,21,22). The maximum Gasteiger partial charge on any atom is 0.230 e. The minimum atomic E-state index is -0.229. The van der Waals surface area contributed by atoms with E-state index in [1.807, 2.05) is 0 Å². The molecule has 0 saturated carbocycles. The first kappa shape index (κ1) is 17.0. The quantitative estimate of drug-likeness (QED) is 0.766. The van der Waals surface area contributed by atoms with Crippen LogP contribution < -0.4 is 10.6 Å². The Hall–Kier alpha value is -1.33. The van der Waals surface area contributed by atoms with E-state index in [1.54, 1.807) is 42.5 Å². The van der Waals surface area contributed by atoms with Crippen molar-refractivity contribution in [3.63, 3.8) is 0 Å². The van der Waals surface area contributed by atoms with Crippen LogP contribution in [0.15, 0.2) is 42.5 Å². The van der Waals surface area contributed by atoms with Gasteiger partial charge in [-0.25, -0.2) is 0 Å². The first-order valence-corrected chi connectivity index (χ1v) is 7.78. The molecule has 0 atom stereocenters. The zero-order chi connectivity index (χ0) is 16.1. The third-order valence-electron chi connectivity index (χ3n) is 2.65. The van der Waals surface area contributed by atoms with Gasteiger partial charge in [-0.1, -0.05) is 46.9 Å². The van der Waals surface area contributed by atoms with Crippen molar-refractivity contribution < 1.29 is 4.79 Å². The van der Waals surface area contributed by atoms with E-state index in [-0.39, 0.29) is 17.4 Å². The predicted molar refractivity (Wildman–Crippen MR) is 96.0 cm³/mol. The van der Waals surface area contributed by atoms with E-state index in [1.165, 1.54) is 0 Å². The Balaban J connectivity index is 1.91. The summed E-state index contributed by atoms with van der Waals surface area (Å²) in [7, 11) is 0. The second kappa shape index (κ2) is 7.79. The number of amides is 1. The topological polar surface area (TPSA) is 41.1 Å². The van der Waals surface area contributed by atoms with Crippen molar-refractivity contribution in [2.24, 2.45) is 0 Å². The number of halogens is 3. The Morgan fingerprint density at radius 1 is 0.955 bits per heavy atom. The predicted octanol–water partition coefficient (Wildman–Crippen LogP) is 4.70. The maximum atomic E-state index is 11.9. The molecule has 0 aromatic heterocycles. The summed E-state index contributed by atoms with van der Waals surface area (Å²) in [5.41, 5.74) is 1.45. The summed E-state index contributed by atoms with van der Waals surface area (Å²) >= 11 is 22.7. The largest absolute Gasteiger partial charge is 0.332 e. The zero-order valence-electron chi connectivity index (χ0n) is 11.2. The van der Waals surface area contributed by atoms with Crippen LogP contribution in [0.25, 0.3) is 0 Å². The van der Waals surface area contributed by atoms with E-state index in [9.17, 15) is 4.79 Å². The number of hydrogen-bond donors (Lipinski definition) is 2. The Morgan fingerprint density at radius 2 is 1.55 bits per heavy atom. The van der Waals surface area contributed by atoms with Crippen molar-refractivity contribution in [1.29, 1.82) is 0 Å². The molecule has 0 bridgehead atoms. The van der Waals surface area contributed by atoms with Crippen molar-refractivity contribution >= 4 is 63.7 Å². The third kappa shape index (κ3) is 5.46. The average molecular weight is 374 g/mol. The van der Waals surface area contributed by atoms with E-state index in [2.05, 4.69) is 10.6 Å². The highest BCUT2D eigenvalue weighted by molar-refractivity contribution is 7.80. The molecule has 2 rings (SSSR count). The van der Waals surface area contributed by atoms with Crippen LogP contribution in [0.4, 0.5) is 5.69 Å². The summed E-state index contributed by atoms with van der Waals surface area (Å²) in [6, 6.07) is 12.0. The molecule has 2 aromatic rings. The lowest BCUT2D eigenvalue weighted by Gasteiger charge is -2.10. The summed E-state index contributed by atoms with van der Waals surface area (Å²) < 4.78 is 0.